The van der Waals surface area contributed by atoms with Gasteiger partial charge in [-0.3, -0.25) is 0 Å². The highest BCUT2D eigenvalue weighted by Crippen LogP contribution is 2.25. The second-order valence-corrected chi connectivity index (χ2v) is 7.86. The Hall–Kier alpha value is -0.540. The lowest BCUT2D eigenvalue weighted by molar-refractivity contribution is 0.242. The van der Waals surface area contributed by atoms with E-state index in [0.717, 1.165) is 19.4 Å². The molecule has 1 atom stereocenters. The smallest absolute Gasteiger partial charge is 0.243 e. The van der Waals surface area contributed by atoms with Crippen molar-refractivity contribution in [3.63, 3.8) is 0 Å². The van der Waals surface area contributed by atoms with Crippen LogP contribution in [0.3, 0.4) is 0 Å². The number of aliphatic hydroxyl groups excluding tert-OH is 1. The molecule has 1 aromatic rings. The molecule has 1 fully saturated rings. The molecule has 0 radical (unpaired) electrons. The quantitative estimate of drug-likeness (QED) is 0.829. The Bertz CT molecular complexity index is 624. The summed E-state index contributed by atoms with van der Waals surface area (Å²) in [4.78, 5) is 1.60. The molecule has 0 saturated carbocycles. The summed E-state index contributed by atoms with van der Waals surface area (Å²) in [5.74, 6) is -0.905. The van der Waals surface area contributed by atoms with Crippen molar-refractivity contribution in [1.82, 2.24) is 9.62 Å². The van der Waals surface area contributed by atoms with Gasteiger partial charge >= 0.3 is 0 Å². The van der Waals surface area contributed by atoms with Gasteiger partial charge in [0.1, 0.15) is 10.7 Å². The zero-order valence-electron chi connectivity index (χ0n) is 11.6. The van der Waals surface area contributed by atoms with Crippen LogP contribution in [0.15, 0.2) is 21.5 Å². The third-order valence-corrected chi connectivity index (χ3v) is 5.46. The highest BCUT2D eigenvalue weighted by atomic mass is 79.9. The average molecular weight is 381 g/mol. The van der Waals surface area contributed by atoms with E-state index in [1.807, 2.05) is 11.9 Å². The van der Waals surface area contributed by atoms with E-state index in [9.17, 15) is 12.8 Å². The van der Waals surface area contributed by atoms with Gasteiger partial charge < -0.3 is 10.0 Å². The highest BCUT2D eigenvalue weighted by Gasteiger charge is 2.27. The van der Waals surface area contributed by atoms with E-state index in [0.29, 0.717) is 11.0 Å². The third-order valence-electron chi connectivity index (χ3n) is 3.49. The Kier molecular flexibility index (Phi) is 5.37. The molecule has 5 nitrogen and oxygen atoms in total. The van der Waals surface area contributed by atoms with Crippen LogP contribution in [0.25, 0.3) is 0 Å². The lowest BCUT2D eigenvalue weighted by atomic mass is 10.1. The van der Waals surface area contributed by atoms with E-state index in [-0.39, 0.29) is 11.6 Å². The van der Waals surface area contributed by atoms with E-state index < -0.39 is 27.3 Å². The fourth-order valence-electron chi connectivity index (χ4n) is 2.47. The number of nitrogens with zero attached hydrogens (tertiary/aromatic N) is 1. The Morgan fingerprint density at radius 3 is 2.86 bits per heavy atom. The summed E-state index contributed by atoms with van der Waals surface area (Å²) < 4.78 is 41.9. The maximum absolute atomic E-state index is 14.2. The summed E-state index contributed by atoms with van der Waals surface area (Å²) in [6.45, 7) is 0.972. The van der Waals surface area contributed by atoms with Crippen LogP contribution >= 0.6 is 15.9 Å². The second-order valence-electron chi connectivity index (χ2n) is 5.26. The van der Waals surface area contributed by atoms with Crippen molar-refractivity contribution in [3.8, 4) is 0 Å². The SMILES string of the molecule is CN1CCCC(NS(=O)(=O)c2cc(Br)cc(CO)c2F)C1. The molecular weight excluding hydrogens is 363 g/mol. The van der Waals surface area contributed by atoms with Gasteiger partial charge in [0, 0.05) is 22.6 Å². The summed E-state index contributed by atoms with van der Waals surface area (Å²) in [6.07, 6.45) is 1.62. The predicted octanol–water partition coefficient (Wildman–Crippen LogP) is 1.45. The predicted molar refractivity (Wildman–Crippen MR) is 80.9 cm³/mol. The molecule has 1 heterocycles. The Morgan fingerprint density at radius 1 is 1.52 bits per heavy atom. The van der Waals surface area contributed by atoms with E-state index >= 15 is 0 Å². The highest BCUT2D eigenvalue weighted by molar-refractivity contribution is 9.10. The van der Waals surface area contributed by atoms with Crippen LogP contribution in [-0.4, -0.2) is 44.6 Å². The van der Waals surface area contributed by atoms with Crippen molar-refractivity contribution < 1.29 is 17.9 Å². The first-order chi connectivity index (χ1) is 9.83. The van der Waals surface area contributed by atoms with Gasteiger partial charge in [0.15, 0.2) is 0 Å². The van der Waals surface area contributed by atoms with Crippen LogP contribution in [0.2, 0.25) is 0 Å². The molecule has 0 bridgehead atoms. The molecule has 2 N–H and O–H groups in total. The van der Waals surface area contributed by atoms with Gasteiger partial charge in [-0.15, -0.1) is 0 Å². The molecular formula is C13H18BrFN2O3S. The second kappa shape index (κ2) is 6.70. The van der Waals surface area contributed by atoms with Crippen LogP contribution in [0.4, 0.5) is 4.39 Å². The fraction of sp³-hybridized carbons (Fsp3) is 0.538. The standard InChI is InChI=1S/C13H18BrFN2O3S/c1-17-4-2-3-11(7-17)16-21(19,20)12-6-10(14)5-9(8-18)13(12)15/h5-6,11,16,18H,2-4,7-8H2,1H3. The van der Waals surface area contributed by atoms with Crippen LogP contribution < -0.4 is 4.72 Å². The maximum atomic E-state index is 14.2. The minimum Gasteiger partial charge on any atom is -0.392 e. The Labute approximate surface area is 132 Å². The molecule has 8 heteroatoms. The van der Waals surface area contributed by atoms with Gasteiger partial charge in [-0.05, 0) is 38.6 Å². The number of aliphatic hydroxyl groups is 1. The molecule has 118 valence electrons. The summed E-state index contributed by atoms with van der Waals surface area (Å²) in [5.41, 5.74) is -0.0505. The average Bonchev–Trinajstić information content (AvgIpc) is 2.40. The molecule has 0 aromatic heterocycles. The number of likely N-dealkylation sites (N-methyl/N-ethyl adjacent to an activating group) is 1. The molecule has 0 aliphatic carbocycles. The van der Waals surface area contributed by atoms with Crippen molar-refractivity contribution in [2.45, 2.75) is 30.4 Å². The molecule has 1 aliphatic heterocycles. The maximum Gasteiger partial charge on any atom is 0.243 e. The summed E-state index contributed by atoms with van der Waals surface area (Å²) >= 11 is 3.14. The van der Waals surface area contributed by atoms with Gasteiger partial charge in [-0.2, -0.15) is 0 Å². The molecule has 1 aliphatic rings. The van der Waals surface area contributed by atoms with E-state index in [4.69, 9.17) is 5.11 Å². The summed E-state index contributed by atoms with van der Waals surface area (Å²) in [5, 5.41) is 9.11. The van der Waals surface area contributed by atoms with Crippen molar-refractivity contribution in [3.05, 3.63) is 28.0 Å². The Morgan fingerprint density at radius 2 is 2.24 bits per heavy atom. The number of benzene rings is 1. The molecule has 0 spiro atoms. The zero-order valence-corrected chi connectivity index (χ0v) is 14.0. The van der Waals surface area contributed by atoms with Crippen LogP contribution in [0, 0.1) is 5.82 Å². The normalized spacial score (nSPS) is 20.7. The van der Waals surface area contributed by atoms with E-state index in [1.54, 1.807) is 0 Å². The minimum absolute atomic E-state index is 0.0505. The van der Waals surface area contributed by atoms with Crippen LogP contribution in [0.1, 0.15) is 18.4 Å². The number of likely N-dealkylation sites (tertiary alicyclic amines) is 1. The number of halogens is 2. The number of hydrogen-bond acceptors (Lipinski definition) is 4. The van der Waals surface area contributed by atoms with Crippen molar-refractivity contribution in [2.24, 2.45) is 0 Å². The number of piperidine rings is 1. The van der Waals surface area contributed by atoms with Gasteiger partial charge in [0.25, 0.3) is 0 Å². The minimum atomic E-state index is -3.96. The third kappa shape index (κ3) is 4.01. The molecule has 21 heavy (non-hydrogen) atoms. The van der Waals surface area contributed by atoms with Crippen molar-refractivity contribution in [2.75, 3.05) is 20.1 Å². The molecule has 1 aromatic carbocycles. The monoisotopic (exact) mass is 380 g/mol. The van der Waals surface area contributed by atoms with Crippen molar-refractivity contribution >= 4 is 26.0 Å². The van der Waals surface area contributed by atoms with Crippen LogP contribution in [0.5, 0.6) is 0 Å². The van der Waals surface area contributed by atoms with E-state index in [2.05, 4.69) is 20.7 Å². The topological polar surface area (TPSA) is 69.6 Å². The molecule has 1 unspecified atom stereocenters. The first kappa shape index (κ1) is 16.8. The molecule has 0 amide bonds. The molecule has 1 saturated heterocycles. The van der Waals surface area contributed by atoms with Crippen molar-refractivity contribution in [1.29, 1.82) is 0 Å². The van der Waals surface area contributed by atoms with Gasteiger partial charge in [-0.1, -0.05) is 15.9 Å². The van der Waals surface area contributed by atoms with Crippen LogP contribution in [-0.2, 0) is 16.6 Å². The van der Waals surface area contributed by atoms with Gasteiger partial charge in [-0.25, -0.2) is 17.5 Å². The molecule has 2 rings (SSSR count). The zero-order chi connectivity index (χ0) is 15.6. The summed E-state index contributed by atoms with van der Waals surface area (Å²) in [7, 11) is -2.04. The van der Waals surface area contributed by atoms with Gasteiger partial charge in [0.05, 0.1) is 6.61 Å². The summed E-state index contributed by atoms with van der Waals surface area (Å²) in [6, 6.07) is 2.34. The largest absolute Gasteiger partial charge is 0.392 e. The number of sulfonamides is 1. The lowest BCUT2D eigenvalue weighted by Crippen LogP contribution is -2.46. The van der Waals surface area contributed by atoms with Gasteiger partial charge in [0.2, 0.25) is 10.0 Å². The number of rotatable bonds is 4. The Balaban J connectivity index is 2.29. The van der Waals surface area contributed by atoms with E-state index in [1.165, 1.54) is 12.1 Å². The number of hydrogen-bond donors (Lipinski definition) is 2. The fourth-order valence-corrected chi connectivity index (χ4v) is 4.54. The first-order valence-electron chi connectivity index (χ1n) is 6.63. The first-order valence-corrected chi connectivity index (χ1v) is 8.91. The lowest BCUT2D eigenvalue weighted by Gasteiger charge is -2.30. The number of nitrogens with one attached hydrogen (secondary N) is 1.